The van der Waals surface area contributed by atoms with Crippen LogP contribution in [0.2, 0.25) is 0 Å². The molecule has 11 nitrogen and oxygen atoms in total. The van der Waals surface area contributed by atoms with Crippen molar-refractivity contribution < 1.29 is 42.8 Å². The smallest absolute Gasteiger partial charge is 0.335 e. The Bertz CT molecular complexity index is 1880. The van der Waals surface area contributed by atoms with Crippen LogP contribution in [0.4, 0.5) is 10.5 Å². The highest BCUT2D eigenvalue weighted by Gasteiger charge is 2.37. The lowest BCUT2D eigenvalue weighted by atomic mass is 10.1. The Kier molecular flexibility index (Phi) is 11.4. The number of imide groups is 2. The number of ether oxygens (including phenoxy) is 6. The van der Waals surface area contributed by atoms with Crippen LogP contribution in [0, 0.1) is 0 Å². The van der Waals surface area contributed by atoms with E-state index in [4.69, 9.17) is 28.4 Å². The van der Waals surface area contributed by atoms with Crippen LogP contribution in [0.15, 0.2) is 88.9 Å². The number of urea groups is 1. The molecule has 0 saturated carbocycles. The summed E-state index contributed by atoms with van der Waals surface area (Å²) in [5.74, 6) is 1.08. The fraction of sp³-hybridized carbons (Fsp3) is 0.216. The zero-order chi connectivity index (χ0) is 34.9. The topological polar surface area (TPSA) is 122 Å². The molecule has 0 aromatic heterocycles. The largest absolute Gasteiger partial charge is 0.493 e. The van der Waals surface area contributed by atoms with E-state index in [-0.39, 0.29) is 17.9 Å². The quantitative estimate of drug-likeness (QED) is 0.107. The third-order valence-corrected chi connectivity index (χ3v) is 7.97. The Hall–Kier alpha value is -5.49. The van der Waals surface area contributed by atoms with Gasteiger partial charge in [-0.15, -0.1) is 0 Å². The fourth-order valence-electron chi connectivity index (χ4n) is 4.96. The predicted octanol–water partition coefficient (Wildman–Crippen LogP) is 7.09. The first-order valence-electron chi connectivity index (χ1n) is 15.3. The summed E-state index contributed by atoms with van der Waals surface area (Å²) in [6.07, 6.45) is 2.17. The highest BCUT2D eigenvalue weighted by molar-refractivity contribution is 9.10. The van der Waals surface area contributed by atoms with E-state index >= 15 is 0 Å². The van der Waals surface area contributed by atoms with Crippen LogP contribution in [0.1, 0.15) is 30.0 Å². The van der Waals surface area contributed by atoms with Crippen LogP contribution in [0.25, 0.3) is 6.08 Å². The van der Waals surface area contributed by atoms with Gasteiger partial charge in [0.25, 0.3) is 11.8 Å². The predicted molar refractivity (Wildman–Crippen MR) is 187 cm³/mol. The van der Waals surface area contributed by atoms with E-state index < -0.39 is 17.8 Å². The Morgan fingerprint density at radius 1 is 0.714 bits per heavy atom. The number of methoxy groups -OCH3 is 3. The van der Waals surface area contributed by atoms with Crippen molar-refractivity contribution in [3.05, 3.63) is 106 Å². The van der Waals surface area contributed by atoms with Crippen LogP contribution in [-0.2, 0) is 22.8 Å². The van der Waals surface area contributed by atoms with Gasteiger partial charge in [0, 0.05) is 6.07 Å². The number of nitrogens with one attached hydrogen (secondary N) is 1. The minimum atomic E-state index is -0.883. The lowest BCUT2D eigenvalue weighted by molar-refractivity contribution is -0.122. The number of benzene rings is 4. The average molecular weight is 732 g/mol. The molecular weight excluding hydrogens is 696 g/mol. The van der Waals surface area contributed by atoms with E-state index in [9.17, 15) is 14.4 Å². The monoisotopic (exact) mass is 730 g/mol. The van der Waals surface area contributed by atoms with E-state index in [1.807, 2.05) is 55.5 Å². The van der Waals surface area contributed by atoms with E-state index in [0.29, 0.717) is 57.7 Å². The number of hydrogen-bond acceptors (Lipinski definition) is 9. The highest BCUT2D eigenvalue weighted by atomic mass is 79.9. The van der Waals surface area contributed by atoms with Crippen molar-refractivity contribution >= 4 is 45.5 Å². The van der Waals surface area contributed by atoms with E-state index in [1.54, 1.807) is 31.4 Å². The summed E-state index contributed by atoms with van der Waals surface area (Å²) in [6.45, 7) is 3.01. The van der Waals surface area contributed by atoms with Crippen LogP contribution in [-0.4, -0.2) is 45.8 Å². The molecule has 5 rings (SSSR count). The van der Waals surface area contributed by atoms with E-state index in [1.165, 1.54) is 26.4 Å². The first kappa shape index (κ1) is 34.8. The maximum Gasteiger partial charge on any atom is 0.335 e. The molecule has 1 fully saturated rings. The summed E-state index contributed by atoms with van der Waals surface area (Å²) in [5, 5.41) is 2.24. The van der Waals surface area contributed by atoms with Gasteiger partial charge in [0.2, 0.25) is 0 Å². The molecule has 4 amide bonds. The van der Waals surface area contributed by atoms with Gasteiger partial charge in [-0.25, -0.2) is 9.69 Å². The number of carbonyl (C=O) groups excluding carboxylic acids is 3. The molecule has 1 heterocycles. The molecule has 0 unspecified atom stereocenters. The molecule has 1 aliphatic rings. The van der Waals surface area contributed by atoms with Gasteiger partial charge in [-0.3, -0.25) is 14.9 Å². The van der Waals surface area contributed by atoms with Crippen molar-refractivity contribution in [2.24, 2.45) is 0 Å². The van der Waals surface area contributed by atoms with E-state index in [0.717, 1.165) is 22.4 Å². The Balaban J connectivity index is 1.34. The number of anilines is 1. The molecule has 1 saturated heterocycles. The van der Waals surface area contributed by atoms with Crippen LogP contribution in [0.5, 0.6) is 34.5 Å². The van der Waals surface area contributed by atoms with Crippen molar-refractivity contribution in [2.75, 3.05) is 32.8 Å². The van der Waals surface area contributed by atoms with Gasteiger partial charge in [0.15, 0.2) is 34.5 Å². The molecular formula is C37H35BrN2O9. The molecule has 4 aromatic carbocycles. The molecule has 12 heteroatoms. The Morgan fingerprint density at radius 2 is 1.39 bits per heavy atom. The maximum absolute atomic E-state index is 13.6. The van der Waals surface area contributed by atoms with Crippen molar-refractivity contribution in [3.63, 3.8) is 0 Å². The van der Waals surface area contributed by atoms with Gasteiger partial charge in [-0.1, -0.05) is 43.3 Å². The van der Waals surface area contributed by atoms with Gasteiger partial charge in [-0.2, -0.15) is 0 Å². The highest BCUT2D eigenvalue weighted by Crippen LogP contribution is 2.39. The summed E-state index contributed by atoms with van der Waals surface area (Å²) in [4.78, 5) is 40.1. The molecule has 254 valence electrons. The zero-order valence-electron chi connectivity index (χ0n) is 27.4. The number of nitrogens with zero attached hydrogens (tertiary/aromatic N) is 1. The van der Waals surface area contributed by atoms with Crippen molar-refractivity contribution in [1.82, 2.24) is 5.32 Å². The lowest BCUT2D eigenvalue weighted by Crippen LogP contribution is -2.54. The molecule has 1 N–H and O–H groups in total. The molecule has 0 radical (unpaired) electrons. The lowest BCUT2D eigenvalue weighted by Gasteiger charge is -2.27. The minimum absolute atomic E-state index is 0.175. The molecule has 4 aromatic rings. The molecule has 0 aliphatic carbocycles. The Labute approximate surface area is 292 Å². The second-order valence-corrected chi connectivity index (χ2v) is 11.6. The number of halogens is 1. The zero-order valence-corrected chi connectivity index (χ0v) is 29.0. The molecule has 1 aliphatic heterocycles. The fourth-order valence-corrected chi connectivity index (χ4v) is 5.53. The SMILES string of the molecule is CCCOc1ccc(N2C(=O)NC(=O)/C(=C/c3cc(Br)c(OCc4ccc(OCc5ccccc5)c(OC)c4)c(OC)c3)C2=O)cc1OC. The number of rotatable bonds is 14. The second-order valence-electron chi connectivity index (χ2n) is 10.7. The van der Waals surface area contributed by atoms with E-state index in [2.05, 4.69) is 21.2 Å². The number of amides is 4. The van der Waals surface area contributed by atoms with Gasteiger partial charge in [-0.05, 0) is 81.5 Å². The summed E-state index contributed by atoms with van der Waals surface area (Å²) in [5.41, 5.74) is 2.26. The summed E-state index contributed by atoms with van der Waals surface area (Å²) in [6, 6.07) is 22.4. The maximum atomic E-state index is 13.6. The van der Waals surface area contributed by atoms with Crippen LogP contribution >= 0.6 is 15.9 Å². The normalized spacial score (nSPS) is 13.6. The standard InChI is InChI=1S/C37H35BrN2O9/c1-5-15-47-29-14-12-26(20-32(29)45-3)40-36(42)27(35(41)39-37(40)43)16-25-17-28(38)34(33(19-25)46-4)49-22-24-11-13-30(31(18-24)44-2)48-21-23-9-7-6-8-10-23/h6-14,16-20H,5,15,21-22H2,1-4H3,(H,39,41,43)/b27-16-. The first-order chi connectivity index (χ1) is 23.8. The molecule has 49 heavy (non-hydrogen) atoms. The van der Waals surface area contributed by atoms with Crippen LogP contribution < -0.4 is 38.6 Å². The molecule has 0 bridgehead atoms. The second kappa shape index (κ2) is 16.1. The number of hydrogen-bond donors (Lipinski definition) is 1. The van der Waals surface area contributed by atoms with Gasteiger partial charge in [0.1, 0.15) is 18.8 Å². The summed E-state index contributed by atoms with van der Waals surface area (Å²) < 4.78 is 34.9. The Morgan fingerprint density at radius 3 is 2.10 bits per heavy atom. The summed E-state index contributed by atoms with van der Waals surface area (Å²) >= 11 is 3.53. The summed E-state index contributed by atoms with van der Waals surface area (Å²) in [7, 11) is 4.51. The third kappa shape index (κ3) is 8.15. The average Bonchev–Trinajstić information content (AvgIpc) is 3.11. The van der Waals surface area contributed by atoms with Crippen molar-refractivity contribution in [1.29, 1.82) is 0 Å². The minimum Gasteiger partial charge on any atom is -0.493 e. The third-order valence-electron chi connectivity index (χ3n) is 7.38. The van der Waals surface area contributed by atoms with Gasteiger partial charge < -0.3 is 28.4 Å². The van der Waals surface area contributed by atoms with Crippen LogP contribution in [0.3, 0.4) is 0 Å². The van der Waals surface area contributed by atoms with Crippen molar-refractivity contribution in [3.8, 4) is 34.5 Å². The number of carbonyl (C=O) groups is 3. The first-order valence-corrected chi connectivity index (χ1v) is 16.1. The van der Waals surface area contributed by atoms with Gasteiger partial charge in [0.05, 0.1) is 38.1 Å². The molecule has 0 spiro atoms. The molecule has 0 atom stereocenters. The van der Waals surface area contributed by atoms with Crippen molar-refractivity contribution in [2.45, 2.75) is 26.6 Å². The van der Waals surface area contributed by atoms with Gasteiger partial charge >= 0.3 is 6.03 Å². The number of barbiturate groups is 1.